The fraction of sp³-hybridized carbons (Fsp3) is 0.120. The number of halogens is 3. The van der Waals surface area contributed by atoms with E-state index in [0.717, 1.165) is 13.6 Å². The molecule has 0 saturated carbocycles. The molecule has 5 nitrogen and oxygen atoms in total. The van der Waals surface area contributed by atoms with Crippen LogP contribution in [0, 0.1) is 3.57 Å². The summed E-state index contributed by atoms with van der Waals surface area (Å²) in [6.45, 7) is 2.66. The standard InChI is InChI=1S/C25H18BrClINO4/c1-2-31-22-13-16(11-20(27)23(22)32-14-15-7-9-17(28)10-8-15)12-21-25(30)33-24(29-21)18-5-3-4-6-19(18)26/h3-13H,2,14H2,1H3/b21-12-. The summed E-state index contributed by atoms with van der Waals surface area (Å²) in [6, 6.07) is 18.9. The first-order chi connectivity index (χ1) is 15.9. The second-order valence-electron chi connectivity index (χ2n) is 6.99. The van der Waals surface area contributed by atoms with Gasteiger partial charge < -0.3 is 14.2 Å². The van der Waals surface area contributed by atoms with Crippen molar-refractivity contribution in [3.05, 3.63) is 96.1 Å². The molecule has 0 saturated heterocycles. The molecular formula is C25H18BrClINO4. The molecule has 168 valence electrons. The predicted octanol–water partition coefficient (Wildman–Crippen LogP) is 7.03. The van der Waals surface area contributed by atoms with Crippen molar-refractivity contribution in [2.45, 2.75) is 13.5 Å². The number of nitrogens with zero attached hydrogens (tertiary/aromatic N) is 1. The second kappa shape index (κ2) is 10.7. The van der Waals surface area contributed by atoms with Crippen LogP contribution in [0.5, 0.6) is 11.5 Å². The molecule has 0 bridgehead atoms. The summed E-state index contributed by atoms with van der Waals surface area (Å²) < 4.78 is 19.0. The molecule has 3 aromatic carbocycles. The Morgan fingerprint density at radius 2 is 1.88 bits per heavy atom. The number of cyclic esters (lactones) is 1. The van der Waals surface area contributed by atoms with E-state index in [9.17, 15) is 4.79 Å². The molecule has 0 atom stereocenters. The summed E-state index contributed by atoms with van der Waals surface area (Å²) in [5.41, 5.74) is 2.53. The van der Waals surface area contributed by atoms with E-state index in [1.54, 1.807) is 18.2 Å². The molecule has 0 fully saturated rings. The molecule has 8 heteroatoms. The third-order valence-electron chi connectivity index (χ3n) is 4.66. The number of carbonyl (C=O) groups excluding carboxylic acids is 1. The average Bonchev–Trinajstić information content (AvgIpc) is 3.15. The van der Waals surface area contributed by atoms with Crippen molar-refractivity contribution < 1.29 is 19.0 Å². The topological polar surface area (TPSA) is 57.1 Å². The lowest BCUT2D eigenvalue weighted by Crippen LogP contribution is -2.05. The average molecular weight is 639 g/mol. The Morgan fingerprint density at radius 3 is 2.61 bits per heavy atom. The van der Waals surface area contributed by atoms with Gasteiger partial charge in [-0.3, -0.25) is 0 Å². The monoisotopic (exact) mass is 637 g/mol. The smallest absolute Gasteiger partial charge is 0.363 e. The van der Waals surface area contributed by atoms with Crippen LogP contribution in [0.15, 0.2) is 75.8 Å². The Morgan fingerprint density at radius 1 is 1.12 bits per heavy atom. The van der Waals surface area contributed by atoms with Crippen LogP contribution in [0.4, 0.5) is 0 Å². The fourth-order valence-electron chi connectivity index (χ4n) is 3.13. The van der Waals surface area contributed by atoms with E-state index in [-0.39, 0.29) is 11.6 Å². The first-order valence-electron chi connectivity index (χ1n) is 10.1. The molecule has 0 aliphatic carbocycles. The Kier molecular flexibility index (Phi) is 7.72. The number of esters is 1. The van der Waals surface area contributed by atoms with Crippen molar-refractivity contribution in [2.24, 2.45) is 4.99 Å². The van der Waals surface area contributed by atoms with Gasteiger partial charge in [-0.15, -0.1) is 0 Å². The molecule has 4 rings (SSSR count). The van der Waals surface area contributed by atoms with Gasteiger partial charge in [-0.2, -0.15) is 0 Å². The van der Waals surface area contributed by atoms with E-state index < -0.39 is 5.97 Å². The van der Waals surface area contributed by atoms with Crippen molar-refractivity contribution in [2.75, 3.05) is 6.61 Å². The van der Waals surface area contributed by atoms with Gasteiger partial charge in [-0.1, -0.05) is 35.9 Å². The minimum absolute atomic E-state index is 0.173. The van der Waals surface area contributed by atoms with Gasteiger partial charge >= 0.3 is 5.97 Å². The van der Waals surface area contributed by atoms with Crippen molar-refractivity contribution in [1.29, 1.82) is 0 Å². The highest BCUT2D eigenvalue weighted by Gasteiger charge is 2.25. The number of ether oxygens (including phenoxy) is 3. The Labute approximate surface area is 218 Å². The highest BCUT2D eigenvalue weighted by Crippen LogP contribution is 2.38. The van der Waals surface area contributed by atoms with Gasteiger partial charge in [0.2, 0.25) is 5.90 Å². The summed E-state index contributed by atoms with van der Waals surface area (Å²) in [5, 5.41) is 0.375. The van der Waals surface area contributed by atoms with Crippen LogP contribution in [0.1, 0.15) is 23.6 Å². The van der Waals surface area contributed by atoms with Crippen molar-refractivity contribution in [1.82, 2.24) is 0 Å². The predicted molar refractivity (Wildman–Crippen MR) is 141 cm³/mol. The molecule has 3 aromatic rings. The lowest BCUT2D eigenvalue weighted by Gasteiger charge is -2.14. The van der Waals surface area contributed by atoms with Gasteiger partial charge in [0.25, 0.3) is 0 Å². The lowest BCUT2D eigenvalue weighted by atomic mass is 10.1. The Balaban J connectivity index is 1.61. The van der Waals surface area contributed by atoms with Crippen LogP contribution >= 0.6 is 50.1 Å². The van der Waals surface area contributed by atoms with Gasteiger partial charge in [-0.05, 0) is 99.0 Å². The number of aliphatic imine (C=N–C) groups is 1. The first-order valence-corrected chi connectivity index (χ1v) is 12.3. The summed E-state index contributed by atoms with van der Waals surface area (Å²) in [7, 11) is 0. The molecule has 0 N–H and O–H groups in total. The zero-order valence-electron chi connectivity index (χ0n) is 17.5. The highest BCUT2D eigenvalue weighted by molar-refractivity contribution is 14.1. The molecule has 1 aliphatic heterocycles. The van der Waals surface area contributed by atoms with Gasteiger partial charge in [0, 0.05) is 8.04 Å². The number of hydrogen-bond acceptors (Lipinski definition) is 5. The van der Waals surface area contributed by atoms with Crippen LogP contribution in [-0.4, -0.2) is 18.5 Å². The minimum atomic E-state index is -0.533. The minimum Gasteiger partial charge on any atom is -0.490 e. The molecule has 0 spiro atoms. The molecule has 1 heterocycles. The quantitative estimate of drug-likeness (QED) is 0.159. The molecule has 33 heavy (non-hydrogen) atoms. The number of benzene rings is 3. The van der Waals surface area contributed by atoms with Gasteiger partial charge in [0.1, 0.15) is 6.61 Å². The summed E-state index contributed by atoms with van der Waals surface area (Å²) >= 11 is 12.2. The maximum atomic E-state index is 12.4. The van der Waals surface area contributed by atoms with Crippen LogP contribution in [0.2, 0.25) is 5.02 Å². The van der Waals surface area contributed by atoms with Gasteiger partial charge in [-0.25, -0.2) is 9.79 Å². The lowest BCUT2D eigenvalue weighted by molar-refractivity contribution is -0.129. The van der Waals surface area contributed by atoms with Crippen LogP contribution in [0.25, 0.3) is 6.08 Å². The number of carbonyl (C=O) groups is 1. The SMILES string of the molecule is CCOc1cc(/C=C2\N=C(c3ccccc3Br)OC2=O)cc(Cl)c1OCc1ccc(I)cc1. The van der Waals surface area contributed by atoms with E-state index in [2.05, 4.69) is 43.5 Å². The van der Waals surface area contributed by atoms with Crippen LogP contribution in [-0.2, 0) is 16.1 Å². The molecule has 0 amide bonds. The van der Waals surface area contributed by atoms with E-state index in [0.29, 0.717) is 40.9 Å². The molecular weight excluding hydrogens is 621 g/mol. The maximum absolute atomic E-state index is 12.4. The molecule has 1 aliphatic rings. The summed E-state index contributed by atoms with van der Waals surface area (Å²) in [5.74, 6) is 0.649. The Hall–Kier alpha value is -2.36. The molecule has 0 radical (unpaired) electrons. The maximum Gasteiger partial charge on any atom is 0.363 e. The fourth-order valence-corrected chi connectivity index (χ4v) is 4.21. The van der Waals surface area contributed by atoms with Crippen LogP contribution < -0.4 is 9.47 Å². The first kappa shape index (κ1) is 23.8. The summed E-state index contributed by atoms with van der Waals surface area (Å²) in [6.07, 6.45) is 1.61. The highest BCUT2D eigenvalue weighted by atomic mass is 127. The third-order valence-corrected chi connectivity index (χ3v) is 6.35. The second-order valence-corrected chi connectivity index (χ2v) is 9.50. The van der Waals surface area contributed by atoms with Crippen LogP contribution in [0.3, 0.4) is 0 Å². The zero-order valence-corrected chi connectivity index (χ0v) is 22.0. The van der Waals surface area contributed by atoms with E-state index >= 15 is 0 Å². The van der Waals surface area contributed by atoms with Crippen molar-refractivity contribution in [3.8, 4) is 11.5 Å². The normalized spacial score (nSPS) is 14.2. The third kappa shape index (κ3) is 5.77. The van der Waals surface area contributed by atoms with E-state index in [1.165, 1.54) is 0 Å². The summed E-state index contributed by atoms with van der Waals surface area (Å²) in [4.78, 5) is 16.8. The van der Waals surface area contributed by atoms with Crippen molar-refractivity contribution >= 4 is 68.1 Å². The Bertz CT molecular complexity index is 1260. The van der Waals surface area contributed by atoms with Crippen molar-refractivity contribution in [3.63, 3.8) is 0 Å². The van der Waals surface area contributed by atoms with Gasteiger partial charge in [0.15, 0.2) is 17.2 Å². The van der Waals surface area contributed by atoms with E-state index in [1.807, 2.05) is 55.5 Å². The van der Waals surface area contributed by atoms with Gasteiger partial charge in [0.05, 0.1) is 17.2 Å². The zero-order chi connectivity index (χ0) is 23.4. The van der Waals surface area contributed by atoms with E-state index in [4.69, 9.17) is 25.8 Å². The number of hydrogen-bond donors (Lipinski definition) is 0. The molecule has 0 unspecified atom stereocenters. The largest absolute Gasteiger partial charge is 0.490 e. The molecule has 0 aromatic heterocycles. The number of rotatable bonds is 7.